The third-order valence-corrected chi connectivity index (χ3v) is 4.13. The number of hydrogen-bond acceptors (Lipinski definition) is 4. The highest BCUT2D eigenvalue weighted by Crippen LogP contribution is 2.09. The summed E-state index contributed by atoms with van der Waals surface area (Å²) in [6.07, 6.45) is 7.80. The van der Waals surface area contributed by atoms with E-state index in [0.717, 1.165) is 52.4 Å². The summed E-state index contributed by atoms with van der Waals surface area (Å²) < 4.78 is 10.4. The van der Waals surface area contributed by atoms with Crippen molar-refractivity contribution in [1.29, 1.82) is 0 Å². The van der Waals surface area contributed by atoms with E-state index >= 15 is 0 Å². The van der Waals surface area contributed by atoms with E-state index in [2.05, 4.69) is 11.8 Å². The number of morpholine rings is 1. The Morgan fingerprint density at radius 3 is 2.73 bits per heavy atom. The molecule has 22 heavy (non-hydrogen) atoms. The van der Waals surface area contributed by atoms with Gasteiger partial charge in [0.2, 0.25) is 0 Å². The monoisotopic (exact) mass is 308 g/mol. The fourth-order valence-corrected chi connectivity index (χ4v) is 2.70. The molecule has 1 saturated heterocycles. The second-order valence-electron chi connectivity index (χ2n) is 5.82. The van der Waals surface area contributed by atoms with Crippen LogP contribution in [0.25, 0.3) is 0 Å². The Hall–Kier alpha value is -1.33. The number of amides is 1. The quantitative estimate of drug-likeness (QED) is 0.658. The van der Waals surface area contributed by atoms with Crippen LogP contribution < -0.4 is 0 Å². The molecule has 0 unspecified atom stereocenters. The van der Waals surface area contributed by atoms with Gasteiger partial charge < -0.3 is 14.1 Å². The van der Waals surface area contributed by atoms with Gasteiger partial charge in [0, 0.05) is 32.7 Å². The number of nitrogens with zero attached hydrogens (tertiary/aromatic N) is 2. The molecule has 2 heterocycles. The second kappa shape index (κ2) is 9.64. The van der Waals surface area contributed by atoms with E-state index < -0.39 is 0 Å². The number of unbranched alkanes of at least 4 members (excludes halogenated alkanes) is 3. The van der Waals surface area contributed by atoms with E-state index in [-0.39, 0.29) is 5.91 Å². The molecule has 1 aliphatic heterocycles. The van der Waals surface area contributed by atoms with Crippen LogP contribution in [-0.4, -0.2) is 61.6 Å². The smallest absolute Gasteiger partial charge is 0.257 e. The lowest BCUT2D eigenvalue weighted by atomic mass is 10.2. The van der Waals surface area contributed by atoms with Crippen molar-refractivity contribution in [1.82, 2.24) is 9.80 Å². The molecular weight excluding hydrogens is 280 g/mol. The molecule has 1 fully saturated rings. The first-order chi connectivity index (χ1) is 10.8. The van der Waals surface area contributed by atoms with E-state index in [1.54, 1.807) is 12.3 Å². The summed E-state index contributed by atoms with van der Waals surface area (Å²) in [5, 5.41) is 0. The maximum absolute atomic E-state index is 12.6. The van der Waals surface area contributed by atoms with E-state index in [9.17, 15) is 4.79 Å². The van der Waals surface area contributed by atoms with Crippen LogP contribution in [0.1, 0.15) is 43.0 Å². The number of carbonyl (C=O) groups is 1. The highest BCUT2D eigenvalue weighted by molar-refractivity contribution is 5.93. The van der Waals surface area contributed by atoms with Crippen molar-refractivity contribution in [2.45, 2.75) is 32.6 Å². The molecule has 0 aliphatic carbocycles. The Kier molecular flexibility index (Phi) is 7.46. The predicted molar refractivity (Wildman–Crippen MR) is 86.0 cm³/mol. The van der Waals surface area contributed by atoms with E-state index in [1.165, 1.54) is 25.5 Å². The zero-order valence-electron chi connectivity index (χ0n) is 13.6. The molecule has 2 rings (SSSR count). The van der Waals surface area contributed by atoms with Gasteiger partial charge in [-0.25, -0.2) is 0 Å². The molecule has 1 aromatic rings. The molecule has 0 N–H and O–H groups in total. The minimum absolute atomic E-state index is 0.0820. The van der Waals surface area contributed by atoms with Gasteiger partial charge in [-0.15, -0.1) is 0 Å². The van der Waals surface area contributed by atoms with Crippen LogP contribution >= 0.6 is 0 Å². The second-order valence-corrected chi connectivity index (χ2v) is 5.82. The van der Waals surface area contributed by atoms with Crippen LogP contribution in [0, 0.1) is 0 Å². The third-order valence-electron chi connectivity index (χ3n) is 4.13. The van der Waals surface area contributed by atoms with Gasteiger partial charge in [-0.1, -0.05) is 26.2 Å². The predicted octanol–water partition coefficient (Wildman–Crippen LogP) is 2.63. The zero-order chi connectivity index (χ0) is 15.6. The molecule has 0 atom stereocenters. The van der Waals surface area contributed by atoms with Gasteiger partial charge in [0.25, 0.3) is 5.91 Å². The molecular formula is C17H28N2O3. The van der Waals surface area contributed by atoms with Crippen molar-refractivity contribution in [3.05, 3.63) is 24.2 Å². The summed E-state index contributed by atoms with van der Waals surface area (Å²) in [6.45, 7) is 8.24. The first-order valence-electron chi connectivity index (χ1n) is 8.43. The van der Waals surface area contributed by atoms with Gasteiger partial charge in [0.1, 0.15) is 6.26 Å². The lowest BCUT2D eigenvalue weighted by Crippen LogP contribution is -2.43. The molecule has 5 nitrogen and oxygen atoms in total. The first-order valence-corrected chi connectivity index (χ1v) is 8.43. The molecule has 0 radical (unpaired) electrons. The van der Waals surface area contributed by atoms with E-state index in [0.29, 0.717) is 5.56 Å². The topological polar surface area (TPSA) is 45.9 Å². The maximum atomic E-state index is 12.6. The highest BCUT2D eigenvalue weighted by atomic mass is 16.5. The average molecular weight is 308 g/mol. The van der Waals surface area contributed by atoms with Gasteiger partial charge in [-0.3, -0.25) is 9.69 Å². The van der Waals surface area contributed by atoms with Crippen LogP contribution in [0.15, 0.2) is 23.0 Å². The first kappa shape index (κ1) is 17.0. The van der Waals surface area contributed by atoms with Crippen molar-refractivity contribution in [2.24, 2.45) is 0 Å². The summed E-state index contributed by atoms with van der Waals surface area (Å²) in [5.74, 6) is 0.0820. The number of carbonyl (C=O) groups excluding carboxylic acids is 1. The fourth-order valence-electron chi connectivity index (χ4n) is 2.70. The summed E-state index contributed by atoms with van der Waals surface area (Å²) in [6, 6.07) is 1.75. The number of ether oxygens (including phenoxy) is 1. The van der Waals surface area contributed by atoms with Gasteiger partial charge in [0.05, 0.1) is 25.0 Å². The minimum Gasteiger partial charge on any atom is -0.472 e. The van der Waals surface area contributed by atoms with Crippen molar-refractivity contribution in [2.75, 3.05) is 45.9 Å². The standard InChI is InChI=1S/C17H28N2O3/c1-2-3-4-5-7-19(17(20)16-6-12-22-15-16)9-8-18-10-13-21-14-11-18/h6,12,15H,2-5,7-11,13-14H2,1H3. The van der Waals surface area contributed by atoms with Crippen LogP contribution in [-0.2, 0) is 4.74 Å². The van der Waals surface area contributed by atoms with E-state index in [1.807, 2.05) is 4.90 Å². The van der Waals surface area contributed by atoms with Crippen molar-refractivity contribution in [3.8, 4) is 0 Å². The number of rotatable bonds is 9. The Balaban J connectivity index is 1.84. The van der Waals surface area contributed by atoms with Gasteiger partial charge in [0.15, 0.2) is 0 Å². The van der Waals surface area contributed by atoms with Crippen molar-refractivity contribution in [3.63, 3.8) is 0 Å². The van der Waals surface area contributed by atoms with Crippen LogP contribution in [0.4, 0.5) is 0 Å². The number of hydrogen-bond donors (Lipinski definition) is 0. The Bertz CT molecular complexity index is 414. The summed E-state index contributed by atoms with van der Waals surface area (Å²) in [5.41, 5.74) is 0.650. The summed E-state index contributed by atoms with van der Waals surface area (Å²) in [7, 11) is 0. The average Bonchev–Trinajstić information content (AvgIpc) is 3.09. The molecule has 0 spiro atoms. The Labute approximate surface area is 133 Å². The van der Waals surface area contributed by atoms with Crippen LogP contribution in [0.3, 0.4) is 0 Å². The third kappa shape index (κ3) is 5.46. The number of furan rings is 1. The minimum atomic E-state index is 0.0820. The highest BCUT2D eigenvalue weighted by Gasteiger charge is 2.18. The molecule has 5 heteroatoms. The van der Waals surface area contributed by atoms with E-state index in [4.69, 9.17) is 9.15 Å². The maximum Gasteiger partial charge on any atom is 0.257 e. The Morgan fingerprint density at radius 2 is 2.05 bits per heavy atom. The zero-order valence-corrected chi connectivity index (χ0v) is 13.6. The molecule has 0 aromatic carbocycles. The Morgan fingerprint density at radius 1 is 1.23 bits per heavy atom. The summed E-state index contributed by atoms with van der Waals surface area (Å²) >= 11 is 0. The largest absolute Gasteiger partial charge is 0.472 e. The molecule has 1 amide bonds. The fraction of sp³-hybridized carbons (Fsp3) is 0.706. The van der Waals surface area contributed by atoms with Gasteiger partial charge in [-0.2, -0.15) is 0 Å². The van der Waals surface area contributed by atoms with Crippen molar-refractivity contribution < 1.29 is 13.9 Å². The molecule has 0 bridgehead atoms. The lowest BCUT2D eigenvalue weighted by Gasteiger charge is -2.30. The SMILES string of the molecule is CCCCCCN(CCN1CCOCC1)C(=O)c1ccoc1. The van der Waals surface area contributed by atoms with Crippen molar-refractivity contribution >= 4 is 5.91 Å². The molecule has 1 aromatic heterocycles. The lowest BCUT2D eigenvalue weighted by molar-refractivity contribution is 0.0324. The van der Waals surface area contributed by atoms with Gasteiger partial charge in [-0.05, 0) is 12.5 Å². The molecule has 0 saturated carbocycles. The van der Waals surface area contributed by atoms with Crippen LogP contribution in [0.5, 0.6) is 0 Å². The van der Waals surface area contributed by atoms with Gasteiger partial charge >= 0.3 is 0 Å². The van der Waals surface area contributed by atoms with Crippen LogP contribution in [0.2, 0.25) is 0 Å². The summed E-state index contributed by atoms with van der Waals surface area (Å²) in [4.78, 5) is 16.9. The molecule has 1 aliphatic rings. The molecule has 124 valence electrons. The normalized spacial score (nSPS) is 15.9.